The molecule has 3 heterocycles. The molecule has 5 aromatic carbocycles. The van der Waals surface area contributed by atoms with Gasteiger partial charge < -0.3 is 18.4 Å². The normalized spacial score (nSPS) is 13.8. The van der Waals surface area contributed by atoms with Crippen LogP contribution in [0.4, 0.5) is 0 Å². The summed E-state index contributed by atoms with van der Waals surface area (Å²) in [7, 11) is -0.785. The SMILES string of the molecule is CCC(C)c1ccc(-c2c3c4c(c5nc(/C=C/c6cccc(-c7ccccc7)c6-c6ccccc6)oc25)OB(O4)O3)cc1. The summed E-state index contributed by atoms with van der Waals surface area (Å²) in [5.74, 6) is 2.76. The molecule has 1 aromatic heterocycles. The van der Waals surface area contributed by atoms with Crippen LogP contribution in [0.2, 0.25) is 0 Å². The van der Waals surface area contributed by atoms with Gasteiger partial charge in [-0.15, -0.1) is 0 Å². The summed E-state index contributed by atoms with van der Waals surface area (Å²) in [6.45, 7) is 4.44. The zero-order valence-corrected chi connectivity index (χ0v) is 23.9. The van der Waals surface area contributed by atoms with E-state index in [1.165, 1.54) is 5.56 Å². The van der Waals surface area contributed by atoms with Gasteiger partial charge in [0.15, 0.2) is 28.3 Å². The lowest BCUT2D eigenvalue weighted by molar-refractivity contribution is 0.385. The van der Waals surface area contributed by atoms with Crippen molar-refractivity contribution in [3.63, 3.8) is 0 Å². The van der Waals surface area contributed by atoms with Crippen LogP contribution in [-0.2, 0) is 0 Å². The van der Waals surface area contributed by atoms with E-state index >= 15 is 0 Å². The standard InChI is InChI=1S/C37H28BNO4/c1-3-23(2)24-17-19-28(20-18-24)32-34-33(36-37-35(32)41-38(42-36)43-37)39-30(40-34)22-21-27-15-10-16-29(25-11-6-4-7-12-25)31(27)26-13-8-5-9-14-26/h4-23H,3H2,1-2H3/b22-21+. The summed E-state index contributed by atoms with van der Waals surface area (Å²) in [5.41, 5.74) is 10.1. The van der Waals surface area contributed by atoms with Gasteiger partial charge in [-0.05, 0) is 57.4 Å². The van der Waals surface area contributed by atoms with E-state index in [2.05, 4.69) is 111 Å². The molecule has 2 aliphatic rings. The molecule has 6 heteroatoms. The van der Waals surface area contributed by atoms with Crippen LogP contribution >= 0.6 is 0 Å². The number of oxazole rings is 1. The molecule has 1 atom stereocenters. The topological polar surface area (TPSA) is 53.7 Å². The molecule has 0 spiro atoms. The second kappa shape index (κ2) is 10.2. The van der Waals surface area contributed by atoms with Crippen molar-refractivity contribution >= 4 is 30.6 Å². The van der Waals surface area contributed by atoms with Crippen LogP contribution in [0.25, 0.3) is 56.6 Å². The van der Waals surface area contributed by atoms with Crippen molar-refractivity contribution in [3.8, 4) is 50.6 Å². The van der Waals surface area contributed by atoms with E-state index < -0.39 is 7.32 Å². The third kappa shape index (κ3) is 4.29. The average Bonchev–Trinajstić information content (AvgIpc) is 3.80. The molecule has 1 unspecified atom stereocenters. The van der Waals surface area contributed by atoms with Crippen molar-refractivity contribution in [3.05, 3.63) is 120 Å². The predicted octanol–water partition coefficient (Wildman–Crippen LogP) is 9.66. The first kappa shape index (κ1) is 25.5. The second-order valence-corrected chi connectivity index (χ2v) is 11.0. The minimum Gasteiger partial charge on any atom is -0.485 e. The van der Waals surface area contributed by atoms with Crippen LogP contribution in [0.3, 0.4) is 0 Å². The molecule has 0 fully saturated rings. The second-order valence-electron chi connectivity index (χ2n) is 11.0. The summed E-state index contributed by atoms with van der Waals surface area (Å²) in [4.78, 5) is 4.88. The molecule has 208 valence electrons. The first-order chi connectivity index (χ1) is 21.2. The summed E-state index contributed by atoms with van der Waals surface area (Å²) < 4.78 is 24.2. The monoisotopic (exact) mass is 561 g/mol. The Morgan fingerprint density at radius 3 is 2.07 bits per heavy atom. The van der Waals surface area contributed by atoms with E-state index in [9.17, 15) is 0 Å². The summed E-state index contributed by atoms with van der Waals surface area (Å²) in [6.07, 6.45) is 5.07. The number of hydrogen-bond acceptors (Lipinski definition) is 5. The largest absolute Gasteiger partial charge is 0.864 e. The predicted molar refractivity (Wildman–Crippen MR) is 172 cm³/mol. The van der Waals surface area contributed by atoms with Gasteiger partial charge in [-0.25, -0.2) is 4.98 Å². The van der Waals surface area contributed by atoms with Gasteiger partial charge in [0, 0.05) is 6.08 Å². The van der Waals surface area contributed by atoms with Gasteiger partial charge in [0.2, 0.25) is 5.89 Å². The fourth-order valence-corrected chi connectivity index (χ4v) is 5.98. The average molecular weight is 561 g/mol. The van der Waals surface area contributed by atoms with E-state index in [0.29, 0.717) is 40.2 Å². The number of benzene rings is 5. The summed E-state index contributed by atoms with van der Waals surface area (Å²) in [5, 5.41) is 0. The van der Waals surface area contributed by atoms with E-state index in [1.807, 2.05) is 18.2 Å². The molecule has 0 amide bonds. The fraction of sp³-hybridized carbons (Fsp3) is 0.108. The molecule has 5 nitrogen and oxygen atoms in total. The highest BCUT2D eigenvalue weighted by atomic mass is 16.8. The zero-order chi connectivity index (χ0) is 28.9. The quantitative estimate of drug-likeness (QED) is 0.182. The van der Waals surface area contributed by atoms with Gasteiger partial charge in [-0.3, -0.25) is 0 Å². The van der Waals surface area contributed by atoms with Crippen LogP contribution in [0.15, 0.2) is 108 Å². The molecular formula is C37H28BNO4. The van der Waals surface area contributed by atoms with Crippen LogP contribution in [0.1, 0.15) is 43.2 Å². The van der Waals surface area contributed by atoms with Crippen LogP contribution in [-0.4, -0.2) is 12.3 Å². The van der Waals surface area contributed by atoms with Crippen molar-refractivity contribution in [2.75, 3.05) is 0 Å². The Bertz CT molecular complexity index is 2000. The summed E-state index contributed by atoms with van der Waals surface area (Å²) in [6, 6.07) is 35.9. The molecule has 8 rings (SSSR count). The molecule has 0 aliphatic carbocycles. The van der Waals surface area contributed by atoms with Crippen molar-refractivity contribution in [1.29, 1.82) is 0 Å². The van der Waals surface area contributed by atoms with Gasteiger partial charge in [0.1, 0.15) is 0 Å². The molecule has 0 radical (unpaired) electrons. The zero-order valence-electron chi connectivity index (χ0n) is 23.9. The van der Waals surface area contributed by atoms with Crippen LogP contribution in [0.5, 0.6) is 17.2 Å². The highest BCUT2D eigenvalue weighted by Gasteiger charge is 2.50. The van der Waals surface area contributed by atoms with E-state index in [4.69, 9.17) is 23.4 Å². The number of aromatic nitrogens is 1. The maximum atomic E-state index is 6.45. The Morgan fingerprint density at radius 1 is 0.674 bits per heavy atom. The van der Waals surface area contributed by atoms with Crippen molar-refractivity contribution in [1.82, 2.24) is 4.98 Å². The third-order valence-corrected chi connectivity index (χ3v) is 8.40. The molecule has 2 aliphatic heterocycles. The molecule has 2 bridgehead atoms. The Balaban J connectivity index is 1.25. The van der Waals surface area contributed by atoms with Crippen molar-refractivity contribution in [2.45, 2.75) is 26.2 Å². The van der Waals surface area contributed by atoms with Crippen molar-refractivity contribution < 1.29 is 18.4 Å². The van der Waals surface area contributed by atoms with E-state index in [1.54, 1.807) is 0 Å². The van der Waals surface area contributed by atoms with Crippen LogP contribution in [0, 0.1) is 0 Å². The third-order valence-electron chi connectivity index (χ3n) is 8.40. The minimum atomic E-state index is -0.785. The summed E-state index contributed by atoms with van der Waals surface area (Å²) >= 11 is 0. The molecule has 43 heavy (non-hydrogen) atoms. The van der Waals surface area contributed by atoms with E-state index in [0.717, 1.165) is 45.4 Å². The lowest BCUT2D eigenvalue weighted by Crippen LogP contribution is -2.29. The maximum absolute atomic E-state index is 6.45. The number of nitrogens with zero attached hydrogens (tertiary/aromatic N) is 1. The molecular weight excluding hydrogens is 533 g/mol. The first-order valence-corrected chi connectivity index (χ1v) is 14.7. The molecule has 0 saturated heterocycles. The Labute approximate surface area is 250 Å². The molecule has 0 N–H and O–H groups in total. The highest BCUT2D eigenvalue weighted by Crippen LogP contribution is 2.57. The smallest absolute Gasteiger partial charge is 0.485 e. The number of rotatable bonds is 7. The Hall–Kier alpha value is -5.23. The Kier molecular flexibility index (Phi) is 6.07. The lowest BCUT2D eigenvalue weighted by Gasteiger charge is -2.15. The number of hydrogen-bond donors (Lipinski definition) is 0. The first-order valence-electron chi connectivity index (χ1n) is 14.7. The Morgan fingerprint density at radius 2 is 1.35 bits per heavy atom. The highest BCUT2D eigenvalue weighted by molar-refractivity contribution is 6.44. The van der Waals surface area contributed by atoms with Gasteiger partial charge in [-0.1, -0.05) is 117 Å². The van der Waals surface area contributed by atoms with Gasteiger partial charge >= 0.3 is 7.32 Å². The van der Waals surface area contributed by atoms with Gasteiger partial charge in [-0.2, -0.15) is 0 Å². The van der Waals surface area contributed by atoms with Gasteiger partial charge in [0.05, 0.1) is 5.56 Å². The molecule has 0 saturated carbocycles. The maximum Gasteiger partial charge on any atom is 0.864 e. The van der Waals surface area contributed by atoms with Gasteiger partial charge in [0.25, 0.3) is 0 Å². The fourth-order valence-electron chi connectivity index (χ4n) is 5.98. The minimum absolute atomic E-state index is 0.477. The number of fused-ring (bicyclic) bond motifs is 3. The molecule has 6 aromatic rings. The van der Waals surface area contributed by atoms with E-state index in [-0.39, 0.29) is 0 Å². The van der Waals surface area contributed by atoms with Crippen LogP contribution < -0.4 is 14.0 Å². The lowest BCUT2D eigenvalue weighted by atomic mass is 9.90. The van der Waals surface area contributed by atoms with Crippen molar-refractivity contribution in [2.24, 2.45) is 0 Å².